The zero-order valence-corrected chi connectivity index (χ0v) is 9.65. The van der Waals surface area contributed by atoms with E-state index in [1.165, 1.54) is 11.1 Å². The first-order chi connectivity index (χ1) is 7.79. The van der Waals surface area contributed by atoms with Gasteiger partial charge in [-0.1, -0.05) is 29.8 Å². The van der Waals surface area contributed by atoms with Crippen molar-refractivity contribution in [3.8, 4) is 0 Å². The Morgan fingerprint density at radius 1 is 1.50 bits per heavy atom. The topological polar surface area (TPSA) is 47.6 Å². The number of hydrogen-bond acceptors (Lipinski definition) is 3. The summed E-state index contributed by atoms with van der Waals surface area (Å²) in [4.78, 5) is 4.40. The molecule has 0 radical (unpaired) electrons. The fourth-order valence-electron chi connectivity index (χ4n) is 1.86. The SMILES string of the molecule is Cc1cccc(C2CN=C(CCCN)O2)c1. The minimum absolute atomic E-state index is 0.104. The molecule has 16 heavy (non-hydrogen) atoms. The average Bonchev–Trinajstić information content (AvgIpc) is 2.75. The third-order valence-electron chi connectivity index (χ3n) is 2.72. The molecule has 1 aliphatic heterocycles. The first-order valence-electron chi connectivity index (χ1n) is 5.76. The van der Waals surface area contributed by atoms with Gasteiger partial charge >= 0.3 is 0 Å². The number of nitrogens with two attached hydrogens (primary N) is 1. The van der Waals surface area contributed by atoms with E-state index < -0.39 is 0 Å². The van der Waals surface area contributed by atoms with Gasteiger partial charge < -0.3 is 10.5 Å². The predicted octanol–water partition coefficient (Wildman–Crippen LogP) is 2.20. The number of aliphatic imine (C=N–C) groups is 1. The molecule has 2 N–H and O–H groups in total. The highest BCUT2D eigenvalue weighted by molar-refractivity contribution is 5.77. The molecule has 1 aromatic rings. The molecule has 0 aliphatic carbocycles. The zero-order chi connectivity index (χ0) is 11.4. The monoisotopic (exact) mass is 218 g/mol. The number of benzene rings is 1. The van der Waals surface area contributed by atoms with Crippen LogP contribution in [-0.4, -0.2) is 19.0 Å². The van der Waals surface area contributed by atoms with E-state index in [9.17, 15) is 0 Å². The lowest BCUT2D eigenvalue weighted by Gasteiger charge is -2.12. The van der Waals surface area contributed by atoms with Gasteiger partial charge in [0.2, 0.25) is 0 Å². The standard InChI is InChI=1S/C13H18N2O/c1-10-4-2-5-11(8-10)12-9-15-13(16-12)6-3-7-14/h2,4-5,8,12H,3,6-7,9,14H2,1H3. The quantitative estimate of drug-likeness (QED) is 0.842. The molecule has 2 rings (SSSR count). The summed E-state index contributed by atoms with van der Waals surface area (Å²) in [7, 11) is 0. The van der Waals surface area contributed by atoms with E-state index >= 15 is 0 Å². The third-order valence-corrected chi connectivity index (χ3v) is 2.72. The molecule has 0 spiro atoms. The van der Waals surface area contributed by atoms with Crippen molar-refractivity contribution in [3.63, 3.8) is 0 Å². The molecule has 86 valence electrons. The van der Waals surface area contributed by atoms with Gasteiger partial charge in [0.1, 0.15) is 6.10 Å². The minimum Gasteiger partial charge on any atom is -0.471 e. The van der Waals surface area contributed by atoms with E-state index in [-0.39, 0.29) is 6.10 Å². The Labute approximate surface area is 96.3 Å². The predicted molar refractivity (Wildman–Crippen MR) is 65.6 cm³/mol. The molecule has 1 atom stereocenters. The van der Waals surface area contributed by atoms with Crippen LogP contribution in [0.15, 0.2) is 29.3 Å². The van der Waals surface area contributed by atoms with Gasteiger partial charge in [0, 0.05) is 6.42 Å². The first kappa shape index (κ1) is 11.1. The van der Waals surface area contributed by atoms with Gasteiger partial charge in [-0.05, 0) is 25.5 Å². The number of rotatable bonds is 4. The van der Waals surface area contributed by atoms with Crippen molar-refractivity contribution in [3.05, 3.63) is 35.4 Å². The normalized spacial score (nSPS) is 19.4. The van der Waals surface area contributed by atoms with Gasteiger partial charge in [0.05, 0.1) is 6.54 Å². The van der Waals surface area contributed by atoms with Gasteiger partial charge in [-0.2, -0.15) is 0 Å². The van der Waals surface area contributed by atoms with Crippen LogP contribution in [0.5, 0.6) is 0 Å². The van der Waals surface area contributed by atoms with E-state index in [2.05, 4.69) is 36.2 Å². The fraction of sp³-hybridized carbons (Fsp3) is 0.462. The summed E-state index contributed by atoms with van der Waals surface area (Å²) in [6.45, 7) is 3.52. The Morgan fingerprint density at radius 3 is 3.12 bits per heavy atom. The molecule has 0 fully saturated rings. The molecule has 0 saturated carbocycles. The van der Waals surface area contributed by atoms with Crippen LogP contribution in [0.1, 0.15) is 30.1 Å². The lowest BCUT2D eigenvalue weighted by molar-refractivity contribution is 0.223. The molecule has 1 aliphatic rings. The van der Waals surface area contributed by atoms with Crippen LogP contribution < -0.4 is 5.73 Å². The Balaban J connectivity index is 1.95. The molecule has 1 heterocycles. The van der Waals surface area contributed by atoms with Crippen molar-refractivity contribution in [2.75, 3.05) is 13.1 Å². The molecular weight excluding hydrogens is 200 g/mol. The molecule has 0 amide bonds. The highest BCUT2D eigenvalue weighted by atomic mass is 16.5. The minimum atomic E-state index is 0.104. The lowest BCUT2D eigenvalue weighted by atomic mass is 10.1. The summed E-state index contributed by atoms with van der Waals surface area (Å²) in [5.74, 6) is 0.858. The van der Waals surface area contributed by atoms with Crippen molar-refractivity contribution in [2.24, 2.45) is 10.7 Å². The largest absolute Gasteiger partial charge is 0.471 e. The molecule has 0 bridgehead atoms. The number of aryl methyl sites for hydroxylation is 1. The smallest absolute Gasteiger partial charge is 0.184 e. The van der Waals surface area contributed by atoms with Gasteiger partial charge in [-0.3, -0.25) is 4.99 Å². The van der Waals surface area contributed by atoms with Crippen molar-refractivity contribution >= 4 is 5.90 Å². The molecule has 3 heteroatoms. The number of hydrogen-bond donors (Lipinski definition) is 1. The highest BCUT2D eigenvalue weighted by Crippen LogP contribution is 2.24. The van der Waals surface area contributed by atoms with Crippen LogP contribution in [0.4, 0.5) is 0 Å². The van der Waals surface area contributed by atoms with Crippen LogP contribution in [0.3, 0.4) is 0 Å². The van der Waals surface area contributed by atoms with E-state index in [1.807, 2.05) is 0 Å². The maximum absolute atomic E-state index is 5.80. The van der Waals surface area contributed by atoms with Gasteiger partial charge in [0.15, 0.2) is 5.90 Å². The van der Waals surface area contributed by atoms with Gasteiger partial charge in [-0.15, -0.1) is 0 Å². The Bertz CT molecular complexity index is 387. The number of ether oxygens (including phenoxy) is 1. The molecule has 3 nitrogen and oxygen atoms in total. The van der Waals surface area contributed by atoms with E-state index in [1.54, 1.807) is 0 Å². The van der Waals surface area contributed by atoms with E-state index in [0.29, 0.717) is 6.54 Å². The van der Waals surface area contributed by atoms with Crippen molar-refractivity contribution in [1.29, 1.82) is 0 Å². The Hall–Kier alpha value is -1.35. The fourth-order valence-corrected chi connectivity index (χ4v) is 1.86. The second kappa shape index (κ2) is 5.12. The molecule has 0 aromatic heterocycles. The highest BCUT2D eigenvalue weighted by Gasteiger charge is 2.20. The van der Waals surface area contributed by atoms with E-state index in [4.69, 9.17) is 10.5 Å². The summed E-state index contributed by atoms with van der Waals surface area (Å²) in [6, 6.07) is 8.41. The summed E-state index contributed by atoms with van der Waals surface area (Å²) in [5.41, 5.74) is 7.94. The first-order valence-corrected chi connectivity index (χ1v) is 5.76. The Morgan fingerprint density at radius 2 is 2.38 bits per heavy atom. The second-order valence-corrected chi connectivity index (χ2v) is 4.15. The van der Waals surface area contributed by atoms with Crippen molar-refractivity contribution in [1.82, 2.24) is 0 Å². The summed E-state index contributed by atoms with van der Waals surface area (Å²) < 4.78 is 5.80. The van der Waals surface area contributed by atoms with Crippen LogP contribution in [0.25, 0.3) is 0 Å². The molecule has 1 aromatic carbocycles. The van der Waals surface area contributed by atoms with Crippen LogP contribution in [0, 0.1) is 6.92 Å². The van der Waals surface area contributed by atoms with Crippen molar-refractivity contribution < 1.29 is 4.74 Å². The lowest BCUT2D eigenvalue weighted by Crippen LogP contribution is -2.07. The summed E-state index contributed by atoms with van der Waals surface area (Å²) >= 11 is 0. The summed E-state index contributed by atoms with van der Waals surface area (Å²) in [5, 5.41) is 0. The number of nitrogens with zero attached hydrogens (tertiary/aromatic N) is 1. The zero-order valence-electron chi connectivity index (χ0n) is 9.65. The second-order valence-electron chi connectivity index (χ2n) is 4.15. The Kier molecular flexibility index (Phi) is 3.57. The maximum Gasteiger partial charge on any atom is 0.184 e. The molecule has 0 saturated heterocycles. The summed E-state index contributed by atoms with van der Waals surface area (Å²) in [6.07, 6.45) is 1.91. The van der Waals surface area contributed by atoms with Gasteiger partial charge in [-0.25, -0.2) is 0 Å². The average molecular weight is 218 g/mol. The third kappa shape index (κ3) is 2.61. The van der Waals surface area contributed by atoms with E-state index in [0.717, 1.165) is 25.3 Å². The van der Waals surface area contributed by atoms with Crippen LogP contribution in [-0.2, 0) is 4.74 Å². The van der Waals surface area contributed by atoms with Crippen molar-refractivity contribution in [2.45, 2.75) is 25.9 Å². The maximum atomic E-state index is 5.80. The molecule has 1 unspecified atom stereocenters. The molecular formula is C13H18N2O. The van der Waals surface area contributed by atoms with Crippen LogP contribution in [0.2, 0.25) is 0 Å². The van der Waals surface area contributed by atoms with Gasteiger partial charge in [0.25, 0.3) is 0 Å². The van der Waals surface area contributed by atoms with Crippen LogP contribution >= 0.6 is 0 Å².